The highest BCUT2D eigenvalue weighted by atomic mass is 16.5. The van der Waals surface area contributed by atoms with Crippen LogP contribution >= 0.6 is 0 Å². The van der Waals surface area contributed by atoms with E-state index in [1.54, 1.807) is 0 Å². The highest BCUT2D eigenvalue weighted by molar-refractivity contribution is 6.04. The molecule has 3 heteroatoms. The van der Waals surface area contributed by atoms with Gasteiger partial charge in [-0.1, -0.05) is 68.4 Å². The van der Waals surface area contributed by atoms with E-state index in [1.165, 1.54) is 21.9 Å². The van der Waals surface area contributed by atoms with Crippen LogP contribution in [0, 0.1) is 5.92 Å². The zero-order valence-electron chi connectivity index (χ0n) is 15.1. The lowest BCUT2D eigenvalue weighted by atomic mass is 9.95. The topological polar surface area (TPSA) is 24.8 Å². The van der Waals surface area contributed by atoms with Crippen molar-refractivity contribution in [1.29, 1.82) is 0 Å². The Morgan fingerprint density at radius 2 is 1.73 bits per heavy atom. The molecule has 0 unspecified atom stereocenters. The molecule has 0 bridgehead atoms. The van der Waals surface area contributed by atoms with Crippen LogP contribution in [-0.2, 0) is 0 Å². The van der Waals surface area contributed by atoms with Crippen LogP contribution in [0.2, 0.25) is 0 Å². The van der Waals surface area contributed by atoms with Crippen LogP contribution < -0.4 is 4.74 Å². The number of hydrazone groups is 1. The van der Waals surface area contributed by atoms with Gasteiger partial charge in [0.2, 0.25) is 0 Å². The van der Waals surface area contributed by atoms with Gasteiger partial charge in [-0.15, -0.1) is 0 Å². The maximum absolute atomic E-state index is 6.28. The smallest absolute Gasteiger partial charge is 0.190 e. The molecule has 0 amide bonds. The van der Waals surface area contributed by atoms with Gasteiger partial charge >= 0.3 is 0 Å². The molecule has 0 saturated heterocycles. The second-order valence-electron chi connectivity index (χ2n) is 7.50. The second kappa shape index (κ2) is 5.87. The molecule has 3 nitrogen and oxygen atoms in total. The average molecular weight is 342 g/mol. The molecular weight excluding hydrogens is 320 g/mol. The van der Waals surface area contributed by atoms with Crippen molar-refractivity contribution < 1.29 is 4.74 Å². The monoisotopic (exact) mass is 342 g/mol. The number of benzene rings is 3. The number of rotatable bonds is 2. The minimum absolute atomic E-state index is 0.0205. The summed E-state index contributed by atoms with van der Waals surface area (Å²) in [6.45, 7) is 4.39. The first-order valence-corrected chi connectivity index (χ1v) is 9.31. The second-order valence-corrected chi connectivity index (χ2v) is 7.50. The van der Waals surface area contributed by atoms with Gasteiger partial charge in [-0.25, -0.2) is 5.01 Å². The van der Waals surface area contributed by atoms with Gasteiger partial charge < -0.3 is 4.74 Å². The quantitative estimate of drug-likeness (QED) is 0.626. The molecule has 0 radical (unpaired) electrons. The summed E-state index contributed by atoms with van der Waals surface area (Å²) in [5.41, 5.74) is 3.59. The SMILES string of the molecule is CC(C)[C@H]1Oc2ccccc2[C@@H]2CC(c3ccc4ccccc4c3)=NN12. The van der Waals surface area contributed by atoms with Gasteiger partial charge in [0.1, 0.15) is 5.75 Å². The fraction of sp³-hybridized carbons (Fsp3) is 0.261. The lowest BCUT2D eigenvalue weighted by molar-refractivity contribution is -0.0461. The van der Waals surface area contributed by atoms with Gasteiger partial charge in [0.25, 0.3) is 0 Å². The Kier molecular flexibility index (Phi) is 3.49. The molecule has 3 aromatic rings. The molecule has 0 N–H and O–H groups in total. The van der Waals surface area contributed by atoms with Crippen LogP contribution in [0.5, 0.6) is 5.75 Å². The van der Waals surface area contributed by atoms with Crippen molar-refractivity contribution in [3.63, 3.8) is 0 Å². The number of hydrogen-bond acceptors (Lipinski definition) is 3. The molecule has 0 aliphatic carbocycles. The maximum Gasteiger partial charge on any atom is 0.190 e. The summed E-state index contributed by atoms with van der Waals surface area (Å²) in [6, 6.07) is 23.8. The van der Waals surface area contributed by atoms with Gasteiger partial charge in [0.05, 0.1) is 11.8 Å². The predicted octanol–water partition coefficient (Wildman–Crippen LogP) is 5.37. The van der Waals surface area contributed by atoms with Crippen LogP contribution in [0.3, 0.4) is 0 Å². The van der Waals surface area contributed by atoms with Crippen molar-refractivity contribution in [2.45, 2.75) is 32.5 Å². The lowest BCUT2D eigenvalue weighted by Gasteiger charge is -2.39. The van der Waals surface area contributed by atoms with E-state index >= 15 is 0 Å². The van der Waals surface area contributed by atoms with E-state index in [4.69, 9.17) is 9.84 Å². The van der Waals surface area contributed by atoms with E-state index < -0.39 is 0 Å². The third-order valence-electron chi connectivity index (χ3n) is 5.38. The van der Waals surface area contributed by atoms with Crippen LogP contribution in [-0.4, -0.2) is 16.9 Å². The molecule has 5 rings (SSSR count). The zero-order chi connectivity index (χ0) is 17.7. The lowest BCUT2D eigenvalue weighted by Crippen LogP contribution is -2.43. The summed E-state index contributed by atoms with van der Waals surface area (Å²) in [6.07, 6.45) is 0.898. The van der Waals surface area contributed by atoms with E-state index in [0.29, 0.717) is 5.92 Å². The van der Waals surface area contributed by atoms with Gasteiger partial charge in [-0.2, -0.15) is 5.10 Å². The number of hydrogen-bond donors (Lipinski definition) is 0. The summed E-state index contributed by atoms with van der Waals surface area (Å²) < 4.78 is 6.28. The highest BCUT2D eigenvalue weighted by Gasteiger charge is 2.41. The van der Waals surface area contributed by atoms with Crippen LogP contribution in [0.1, 0.15) is 37.4 Å². The van der Waals surface area contributed by atoms with E-state index in [0.717, 1.165) is 17.9 Å². The predicted molar refractivity (Wildman–Crippen MR) is 105 cm³/mol. The third kappa shape index (κ3) is 2.38. The molecule has 0 aromatic heterocycles. The summed E-state index contributed by atoms with van der Waals surface area (Å²) in [7, 11) is 0. The van der Waals surface area contributed by atoms with Gasteiger partial charge in [-0.05, 0) is 28.5 Å². The Morgan fingerprint density at radius 3 is 2.58 bits per heavy atom. The van der Waals surface area contributed by atoms with Gasteiger partial charge in [0, 0.05) is 17.9 Å². The number of ether oxygens (including phenoxy) is 1. The molecule has 2 aliphatic heterocycles. The van der Waals surface area contributed by atoms with Crippen molar-refractivity contribution in [2.24, 2.45) is 11.0 Å². The summed E-state index contributed by atoms with van der Waals surface area (Å²) >= 11 is 0. The van der Waals surface area contributed by atoms with E-state index in [-0.39, 0.29) is 12.3 Å². The molecular formula is C23H22N2O. The van der Waals surface area contributed by atoms with Crippen LogP contribution in [0.15, 0.2) is 71.8 Å². The molecule has 2 heterocycles. The molecule has 26 heavy (non-hydrogen) atoms. The molecule has 2 aliphatic rings. The number of nitrogens with zero attached hydrogens (tertiary/aromatic N) is 2. The number of para-hydroxylation sites is 1. The Balaban J connectivity index is 1.57. The number of fused-ring (bicyclic) bond motifs is 4. The van der Waals surface area contributed by atoms with E-state index in [9.17, 15) is 0 Å². The fourth-order valence-electron chi connectivity index (χ4n) is 4.05. The van der Waals surface area contributed by atoms with Gasteiger partial charge in [0.15, 0.2) is 6.23 Å². The Bertz CT molecular complexity index is 1010. The summed E-state index contributed by atoms with van der Waals surface area (Å²) in [5, 5.41) is 9.72. The maximum atomic E-state index is 6.28. The first kappa shape index (κ1) is 15.4. The largest absolute Gasteiger partial charge is 0.468 e. The van der Waals surface area contributed by atoms with Crippen molar-refractivity contribution in [2.75, 3.05) is 0 Å². The Hall–Kier alpha value is -2.81. The Morgan fingerprint density at radius 1 is 0.962 bits per heavy atom. The molecule has 2 atom stereocenters. The van der Waals surface area contributed by atoms with E-state index in [2.05, 4.69) is 79.5 Å². The van der Waals surface area contributed by atoms with Crippen molar-refractivity contribution in [3.05, 3.63) is 77.9 Å². The van der Waals surface area contributed by atoms with Gasteiger partial charge in [-0.3, -0.25) is 0 Å². The minimum Gasteiger partial charge on any atom is -0.468 e. The normalized spacial score (nSPS) is 21.3. The summed E-state index contributed by atoms with van der Waals surface area (Å²) in [5.74, 6) is 1.37. The first-order valence-electron chi connectivity index (χ1n) is 9.31. The molecule has 130 valence electrons. The minimum atomic E-state index is -0.0205. The molecule has 3 aromatic carbocycles. The standard InChI is InChI=1S/C23H22N2O/c1-15(2)23-25-21(19-9-5-6-10-22(19)26-23)14-20(24-25)18-12-11-16-7-3-4-8-17(16)13-18/h3-13,15,21,23H,14H2,1-2H3/t21-,23+/m0/s1. The highest BCUT2D eigenvalue weighted by Crippen LogP contribution is 2.44. The first-order chi connectivity index (χ1) is 12.7. The molecule has 0 saturated carbocycles. The van der Waals surface area contributed by atoms with Crippen LogP contribution in [0.4, 0.5) is 0 Å². The van der Waals surface area contributed by atoms with Crippen LogP contribution in [0.25, 0.3) is 10.8 Å². The third-order valence-corrected chi connectivity index (χ3v) is 5.38. The van der Waals surface area contributed by atoms with E-state index in [1.807, 2.05) is 6.07 Å². The zero-order valence-corrected chi connectivity index (χ0v) is 15.1. The molecule has 0 fully saturated rings. The van der Waals surface area contributed by atoms with Crippen molar-refractivity contribution in [1.82, 2.24) is 5.01 Å². The summed E-state index contributed by atoms with van der Waals surface area (Å²) in [4.78, 5) is 0. The molecule has 0 spiro atoms. The van der Waals surface area contributed by atoms with Crippen molar-refractivity contribution >= 4 is 16.5 Å². The average Bonchev–Trinajstić information content (AvgIpc) is 3.12. The van der Waals surface area contributed by atoms with Crippen molar-refractivity contribution in [3.8, 4) is 5.75 Å². The fourth-order valence-corrected chi connectivity index (χ4v) is 4.05. The Labute approximate surface area is 153 Å².